The number of anilines is 2. The molecular formula is C40H34N10. The van der Waals surface area contributed by atoms with Crippen molar-refractivity contribution in [2.75, 3.05) is 10.9 Å². The van der Waals surface area contributed by atoms with Crippen LogP contribution >= 0.6 is 0 Å². The highest BCUT2D eigenvalue weighted by Gasteiger charge is 2.16. The van der Waals surface area contributed by atoms with Crippen LogP contribution in [0.25, 0.3) is 21.8 Å². The molecule has 3 heterocycles. The Labute approximate surface area is 289 Å². The van der Waals surface area contributed by atoms with Crippen LogP contribution in [-0.2, 0) is 0 Å². The van der Waals surface area contributed by atoms with Gasteiger partial charge in [-0.2, -0.15) is 10.2 Å². The zero-order valence-electron chi connectivity index (χ0n) is 28.1. The van der Waals surface area contributed by atoms with Crippen molar-refractivity contribution in [2.24, 2.45) is 30.2 Å². The molecule has 0 unspecified atom stereocenters. The van der Waals surface area contributed by atoms with Crippen LogP contribution in [0.4, 0.5) is 34.1 Å². The van der Waals surface area contributed by atoms with Gasteiger partial charge in [0.05, 0.1) is 68.0 Å². The molecule has 6 aromatic rings. The van der Waals surface area contributed by atoms with Crippen molar-refractivity contribution in [3.63, 3.8) is 0 Å². The normalized spacial score (nSPS) is 13.6. The Morgan fingerprint density at radius 3 is 1.10 bits per heavy atom. The molecular weight excluding hydrogens is 621 g/mol. The van der Waals surface area contributed by atoms with E-state index in [1.807, 2.05) is 137 Å². The van der Waals surface area contributed by atoms with E-state index < -0.39 is 0 Å². The van der Waals surface area contributed by atoms with E-state index in [2.05, 4.69) is 20.8 Å². The molecule has 2 N–H and O–H groups in total. The van der Waals surface area contributed by atoms with Crippen LogP contribution < -0.4 is 10.9 Å². The van der Waals surface area contributed by atoms with Gasteiger partial charge >= 0.3 is 0 Å². The lowest BCUT2D eigenvalue weighted by molar-refractivity contribution is 1.32. The molecule has 2 aromatic heterocycles. The predicted molar refractivity (Wildman–Crippen MR) is 210 cm³/mol. The first-order valence-corrected chi connectivity index (χ1v) is 16.2. The van der Waals surface area contributed by atoms with Gasteiger partial charge in [0, 0.05) is 23.2 Å². The van der Waals surface area contributed by atoms with E-state index in [1.54, 1.807) is 12.4 Å². The van der Waals surface area contributed by atoms with E-state index >= 15 is 0 Å². The number of fused-ring (bicyclic) bond motifs is 4. The second-order valence-corrected chi connectivity index (χ2v) is 11.7. The summed E-state index contributed by atoms with van der Waals surface area (Å²) in [6, 6.07) is 35.2. The molecule has 0 saturated heterocycles. The van der Waals surface area contributed by atoms with Crippen molar-refractivity contribution < 1.29 is 0 Å². The maximum absolute atomic E-state index is 5.04. The van der Waals surface area contributed by atoms with Gasteiger partial charge in [-0.1, -0.05) is 60.7 Å². The molecule has 0 atom stereocenters. The van der Waals surface area contributed by atoms with E-state index in [0.717, 1.165) is 33.2 Å². The lowest BCUT2D eigenvalue weighted by Gasteiger charge is -2.13. The van der Waals surface area contributed by atoms with Crippen LogP contribution in [0.2, 0.25) is 0 Å². The summed E-state index contributed by atoms with van der Waals surface area (Å²) in [4.78, 5) is 29.3. The summed E-state index contributed by atoms with van der Waals surface area (Å²) in [5.74, 6) is 0. The SMILES string of the molecule is CC1=Nc2ccccc2N=C(C)C(=NNc2cccc3cccnc23)C(C)=Nc2ccccc2N=C(C)C1=NNc1cccc2cccnc12. The third kappa shape index (κ3) is 6.81. The lowest BCUT2D eigenvalue weighted by Crippen LogP contribution is -2.22. The Morgan fingerprint density at radius 2 is 0.740 bits per heavy atom. The topological polar surface area (TPSA) is 124 Å². The number of pyridine rings is 2. The Balaban J connectivity index is 1.37. The third-order valence-electron chi connectivity index (χ3n) is 8.13. The molecule has 0 fully saturated rings. The maximum Gasteiger partial charge on any atom is 0.126 e. The third-order valence-corrected chi connectivity index (χ3v) is 8.13. The first kappa shape index (κ1) is 31.9. The smallest absolute Gasteiger partial charge is 0.126 e. The van der Waals surface area contributed by atoms with Gasteiger partial charge in [0.15, 0.2) is 0 Å². The highest BCUT2D eigenvalue weighted by atomic mass is 15.3. The highest BCUT2D eigenvalue weighted by Crippen LogP contribution is 2.31. The number of para-hydroxylation sites is 6. The quantitative estimate of drug-likeness (QED) is 0.184. The van der Waals surface area contributed by atoms with Crippen LogP contribution in [0.3, 0.4) is 0 Å². The zero-order valence-corrected chi connectivity index (χ0v) is 28.1. The van der Waals surface area contributed by atoms with Crippen LogP contribution in [0.15, 0.2) is 152 Å². The number of hydrogen-bond donors (Lipinski definition) is 2. The van der Waals surface area contributed by atoms with Crippen molar-refractivity contribution in [3.05, 3.63) is 122 Å². The molecule has 7 rings (SSSR count). The maximum atomic E-state index is 5.04. The van der Waals surface area contributed by atoms with Gasteiger partial charge < -0.3 is 0 Å². The second-order valence-electron chi connectivity index (χ2n) is 11.7. The fourth-order valence-corrected chi connectivity index (χ4v) is 5.71. The number of hydrazone groups is 2. The number of rotatable bonds is 4. The fourth-order valence-electron chi connectivity index (χ4n) is 5.71. The average Bonchev–Trinajstić information content (AvgIpc) is 3.13. The fraction of sp³-hybridized carbons (Fsp3) is 0.100. The summed E-state index contributed by atoms with van der Waals surface area (Å²) in [6.45, 7) is 7.68. The van der Waals surface area contributed by atoms with E-state index in [0.29, 0.717) is 57.0 Å². The molecule has 0 spiro atoms. The Hall–Kier alpha value is -6.68. The van der Waals surface area contributed by atoms with Crippen LogP contribution in [-0.4, -0.2) is 44.2 Å². The monoisotopic (exact) mass is 654 g/mol. The molecule has 1 aliphatic heterocycles. The summed E-state index contributed by atoms with van der Waals surface area (Å²) in [5, 5.41) is 11.7. The van der Waals surface area contributed by atoms with Gasteiger partial charge in [0.1, 0.15) is 11.4 Å². The zero-order chi connectivity index (χ0) is 34.5. The Bertz CT molecular complexity index is 2170. The van der Waals surface area contributed by atoms with Gasteiger partial charge in [0.25, 0.3) is 0 Å². The molecule has 0 radical (unpaired) electrons. The molecule has 0 saturated carbocycles. The van der Waals surface area contributed by atoms with E-state index in [-0.39, 0.29) is 0 Å². The molecule has 10 nitrogen and oxygen atoms in total. The van der Waals surface area contributed by atoms with Crippen molar-refractivity contribution in [3.8, 4) is 0 Å². The minimum Gasteiger partial charge on any atom is -0.276 e. The van der Waals surface area contributed by atoms with Crippen molar-refractivity contribution in [1.82, 2.24) is 9.97 Å². The second kappa shape index (κ2) is 14.2. The summed E-state index contributed by atoms with van der Waals surface area (Å²) in [6.07, 6.45) is 3.54. The highest BCUT2D eigenvalue weighted by molar-refractivity contribution is 6.69. The van der Waals surface area contributed by atoms with Gasteiger partial charge in [-0.3, -0.25) is 20.8 Å². The molecule has 4 aromatic carbocycles. The number of nitrogens with zero attached hydrogens (tertiary/aromatic N) is 8. The van der Waals surface area contributed by atoms with Gasteiger partial charge in [-0.05, 0) is 76.2 Å². The number of benzene rings is 4. The lowest BCUT2D eigenvalue weighted by atomic mass is 10.1. The number of hydrogen-bond acceptors (Lipinski definition) is 10. The summed E-state index contributed by atoms with van der Waals surface area (Å²) >= 11 is 0. The molecule has 50 heavy (non-hydrogen) atoms. The minimum atomic E-state index is 0.580. The van der Waals surface area contributed by atoms with Crippen molar-refractivity contribution >= 4 is 90.2 Å². The molecule has 0 bridgehead atoms. The van der Waals surface area contributed by atoms with Crippen molar-refractivity contribution in [2.45, 2.75) is 27.7 Å². The van der Waals surface area contributed by atoms with E-state index in [1.165, 1.54) is 0 Å². The Kier molecular flexibility index (Phi) is 9.06. The summed E-state index contributed by atoms with van der Waals surface area (Å²) < 4.78 is 0. The number of aromatic nitrogens is 2. The molecule has 0 aliphatic carbocycles. The predicted octanol–water partition coefficient (Wildman–Crippen LogP) is 9.80. The minimum absolute atomic E-state index is 0.580. The standard InChI is InChI=1S/C40H34N10/c1-25-37(49-47-35-21-9-13-29-15-11-23-41-39(29)35)26(2)44-33-19-7-8-20-34(33)46-28(4)38(27(3)45-32-18-6-5-17-31(32)43-25)50-48-36-22-10-14-30-16-12-24-42-40(30)36/h5-24,47-48H,1-4H3. The molecule has 10 heteroatoms. The average molecular weight is 655 g/mol. The number of aliphatic imine (C=N–C) groups is 4. The number of nitrogens with one attached hydrogen (secondary N) is 2. The van der Waals surface area contributed by atoms with E-state index in [9.17, 15) is 0 Å². The molecule has 244 valence electrons. The van der Waals surface area contributed by atoms with Crippen LogP contribution in [0, 0.1) is 0 Å². The van der Waals surface area contributed by atoms with Crippen LogP contribution in [0.5, 0.6) is 0 Å². The summed E-state index contributed by atoms with van der Waals surface area (Å²) in [7, 11) is 0. The van der Waals surface area contributed by atoms with Gasteiger partial charge in [-0.15, -0.1) is 0 Å². The van der Waals surface area contributed by atoms with Gasteiger partial charge in [-0.25, -0.2) is 20.0 Å². The summed E-state index contributed by atoms with van der Waals surface area (Å²) in [5.41, 5.74) is 16.1. The first-order valence-electron chi connectivity index (χ1n) is 16.2. The first-order chi connectivity index (χ1) is 24.4. The van der Waals surface area contributed by atoms with Crippen molar-refractivity contribution in [1.29, 1.82) is 0 Å². The van der Waals surface area contributed by atoms with E-state index in [4.69, 9.17) is 30.2 Å². The molecule has 0 amide bonds. The largest absolute Gasteiger partial charge is 0.276 e. The van der Waals surface area contributed by atoms with Gasteiger partial charge in [0.2, 0.25) is 0 Å². The Morgan fingerprint density at radius 1 is 0.400 bits per heavy atom. The van der Waals surface area contributed by atoms with Crippen LogP contribution in [0.1, 0.15) is 27.7 Å². The molecule has 1 aliphatic rings.